The molecule has 2 aliphatic heterocycles. The third-order valence-corrected chi connectivity index (χ3v) is 9.58. The Labute approximate surface area is 192 Å². The average Bonchev–Trinajstić information content (AvgIpc) is 2.80. The van der Waals surface area contributed by atoms with Crippen LogP contribution in [0.4, 0.5) is 0 Å². The van der Waals surface area contributed by atoms with Gasteiger partial charge in [-0.05, 0) is 81.4 Å². The van der Waals surface area contributed by atoms with Gasteiger partial charge in [0.05, 0.1) is 4.90 Å². The zero-order chi connectivity index (χ0) is 23.8. The van der Waals surface area contributed by atoms with Crippen LogP contribution in [-0.2, 0) is 19.6 Å². The third kappa shape index (κ3) is 4.35. The van der Waals surface area contributed by atoms with E-state index in [4.69, 9.17) is 0 Å². The van der Waals surface area contributed by atoms with Crippen LogP contribution in [0, 0.1) is 40.5 Å². The van der Waals surface area contributed by atoms with Crippen LogP contribution in [-0.4, -0.2) is 73.6 Å². The second-order valence-electron chi connectivity index (χ2n) is 8.99. The van der Waals surface area contributed by atoms with Gasteiger partial charge in [0.15, 0.2) is 0 Å². The zero-order valence-electron chi connectivity index (χ0n) is 19.9. The molecular formula is C24H35N3O4S. The molecule has 1 aromatic carbocycles. The first-order valence-electron chi connectivity index (χ1n) is 11.3. The molecule has 0 bridgehead atoms. The summed E-state index contributed by atoms with van der Waals surface area (Å²) >= 11 is 0. The third-order valence-electron chi connectivity index (χ3n) is 7.41. The fraction of sp³-hybridized carbons (Fsp3) is 0.583. The first-order valence-corrected chi connectivity index (χ1v) is 12.7. The Bertz CT molecular complexity index is 1000. The van der Waals surface area contributed by atoms with Crippen molar-refractivity contribution in [1.29, 1.82) is 0 Å². The number of rotatable bonds is 4. The van der Waals surface area contributed by atoms with Gasteiger partial charge in [-0.25, -0.2) is 8.42 Å². The van der Waals surface area contributed by atoms with Gasteiger partial charge in [-0.2, -0.15) is 4.31 Å². The largest absolute Gasteiger partial charge is 0.340 e. The standard InChI is InChI=1S/C24H35N3O4S/c1-7-22(28)25-10-8-21(9-11-25)24(29)26-12-14-27(15-13-26)32(30,31)23-19(5)17(3)16(2)18(4)20(23)6/h7,21H,1,8-15H2,2-6H3. The summed E-state index contributed by atoms with van der Waals surface area (Å²) in [7, 11) is -3.64. The summed E-state index contributed by atoms with van der Waals surface area (Å²) in [6.45, 7) is 15.8. The molecule has 0 radical (unpaired) electrons. The molecule has 2 aliphatic rings. The van der Waals surface area contributed by atoms with Gasteiger partial charge in [0.1, 0.15) is 0 Å². The van der Waals surface area contributed by atoms with E-state index >= 15 is 0 Å². The molecule has 0 atom stereocenters. The maximum absolute atomic E-state index is 13.5. The SMILES string of the molecule is C=CC(=O)N1CCC(C(=O)N2CCN(S(=O)(=O)c3c(C)c(C)c(C)c(C)c3C)CC2)CC1. The van der Waals surface area contributed by atoms with Crippen molar-refractivity contribution >= 4 is 21.8 Å². The Hall–Kier alpha value is -2.19. The van der Waals surface area contributed by atoms with Crippen LogP contribution in [0.15, 0.2) is 17.6 Å². The van der Waals surface area contributed by atoms with Gasteiger partial charge in [0, 0.05) is 45.2 Å². The summed E-state index contributed by atoms with van der Waals surface area (Å²) in [4.78, 5) is 28.7. The highest BCUT2D eigenvalue weighted by Crippen LogP contribution is 2.32. The normalized spacial score (nSPS) is 18.7. The van der Waals surface area contributed by atoms with E-state index in [2.05, 4.69) is 6.58 Å². The minimum absolute atomic E-state index is 0.0714. The van der Waals surface area contributed by atoms with Crippen molar-refractivity contribution in [2.45, 2.75) is 52.4 Å². The molecule has 2 saturated heterocycles. The van der Waals surface area contributed by atoms with Gasteiger partial charge >= 0.3 is 0 Å². The average molecular weight is 462 g/mol. The molecule has 7 nitrogen and oxygen atoms in total. The van der Waals surface area contributed by atoms with Crippen LogP contribution >= 0.6 is 0 Å². The van der Waals surface area contributed by atoms with Crippen LogP contribution < -0.4 is 0 Å². The number of piperidine rings is 1. The number of nitrogens with zero attached hydrogens (tertiary/aromatic N) is 3. The summed E-state index contributed by atoms with van der Waals surface area (Å²) < 4.78 is 28.6. The first kappa shape index (κ1) is 24.5. The molecular weight excluding hydrogens is 426 g/mol. The molecule has 32 heavy (non-hydrogen) atoms. The molecule has 0 aromatic heterocycles. The molecule has 0 saturated carbocycles. The molecule has 1 aromatic rings. The lowest BCUT2D eigenvalue weighted by atomic mass is 9.95. The van der Waals surface area contributed by atoms with Gasteiger partial charge < -0.3 is 9.80 Å². The lowest BCUT2D eigenvalue weighted by Gasteiger charge is -2.38. The quantitative estimate of drug-likeness (QED) is 0.646. The Balaban J connectivity index is 1.68. The number of hydrogen-bond donors (Lipinski definition) is 0. The predicted molar refractivity (Wildman–Crippen MR) is 125 cm³/mol. The minimum atomic E-state index is -3.64. The van der Waals surface area contributed by atoms with Crippen LogP contribution in [0.2, 0.25) is 0 Å². The fourth-order valence-corrected chi connectivity index (χ4v) is 6.85. The van der Waals surface area contributed by atoms with Crippen molar-refractivity contribution in [2.75, 3.05) is 39.3 Å². The van der Waals surface area contributed by atoms with Crippen molar-refractivity contribution in [3.05, 3.63) is 40.5 Å². The highest BCUT2D eigenvalue weighted by atomic mass is 32.2. The molecule has 8 heteroatoms. The molecule has 2 fully saturated rings. The van der Waals surface area contributed by atoms with Crippen LogP contribution in [0.1, 0.15) is 40.7 Å². The van der Waals surface area contributed by atoms with Crippen molar-refractivity contribution in [3.8, 4) is 0 Å². The summed E-state index contributed by atoms with van der Waals surface area (Å²) in [6, 6.07) is 0. The molecule has 2 amide bonds. The van der Waals surface area contributed by atoms with Crippen LogP contribution in [0.25, 0.3) is 0 Å². The Kier molecular flexibility index (Phi) is 7.15. The second-order valence-corrected chi connectivity index (χ2v) is 10.9. The molecule has 0 aliphatic carbocycles. The van der Waals surface area contributed by atoms with E-state index in [0.29, 0.717) is 57.0 Å². The van der Waals surface area contributed by atoms with Gasteiger partial charge in [-0.3, -0.25) is 9.59 Å². The molecule has 0 spiro atoms. The number of carbonyl (C=O) groups excluding carboxylic acids is 2. The van der Waals surface area contributed by atoms with E-state index in [-0.39, 0.29) is 17.7 Å². The minimum Gasteiger partial charge on any atom is -0.340 e. The highest BCUT2D eigenvalue weighted by Gasteiger charge is 2.36. The van der Waals surface area contributed by atoms with Crippen molar-refractivity contribution in [2.24, 2.45) is 5.92 Å². The lowest BCUT2D eigenvalue weighted by molar-refractivity contribution is -0.140. The van der Waals surface area contributed by atoms with Crippen LogP contribution in [0.3, 0.4) is 0 Å². The summed E-state index contributed by atoms with van der Waals surface area (Å²) in [5, 5.41) is 0. The molecule has 2 heterocycles. The first-order chi connectivity index (χ1) is 15.0. The van der Waals surface area contributed by atoms with E-state index in [1.54, 1.807) is 9.80 Å². The van der Waals surface area contributed by atoms with E-state index in [1.165, 1.54) is 10.4 Å². The van der Waals surface area contributed by atoms with E-state index in [1.807, 2.05) is 34.6 Å². The maximum atomic E-state index is 13.5. The number of carbonyl (C=O) groups is 2. The number of amides is 2. The van der Waals surface area contributed by atoms with E-state index in [9.17, 15) is 18.0 Å². The molecule has 0 unspecified atom stereocenters. The number of hydrogen-bond acceptors (Lipinski definition) is 4. The summed E-state index contributed by atoms with van der Waals surface area (Å²) in [5.41, 5.74) is 4.79. The summed E-state index contributed by atoms with van der Waals surface area (Å²) in [5.74, 6) is -0.136. The van der Waals surface area contributed by atoms with Crippen molar-refractivity contribution in [3.63, 3.8) is 0 Å². The van der Waals surface area contributed by atoms with E-state index < -0.39 is 10.0 Å². The predicted octanol–water partition coefficient (Wildman–Crippen LogP) is 2.49. The smallest absolute Gasteiger partial charge is 0.245 e. The van der Waals surface area contributed by atoms with Crippen molar-refractivity contribution < 1.29 is 18.0 Å². The van der Waals surface area contributed by atoms with Gasteiger partial charge in [0.25, 0.3) is 0 Å². The molecule has 0 N–H and O–H groups in total. The number of sulfonamides is 1. The molecule has 176 valence electrons. The number of likely N-dealkylation sites (tertiary alicyclic amines) is 1. The second kappa shape index (κ2) is 9.35. The number of benzene rings is 1. The van der Waals surface area contributed by atoms with Crippen LogP contribution in [0.5, 0.6) is 0 Å². The lowest BCUT2D eigenvalue weighted by Crippen LogP contribution is -2.53. The topological polar surface area (TPSA) is 78.0 Å². The highest BCUT2D eigenvalue weighted by molar-refractivity contribution is 7.89. The maximum Gasteiger partial charge on any atom is 0.245 e. The fourth-order valence-electron chi connectivity index (χ4n) is 4.86. The summed E-state index contributed by atoms with van der Waals surface area (Å²) in [6.07, 6.45) is 2.58. The molecule has 3 rings (SSSR count). The van der Waals surface area contributed by atoms with Crippen molar-refractivity contribution in [1.82, 2.24) is 14.1 Å². The Morgan fingerprint density at radius 2 is 1.25 bits per heavy atom. The Morgan fingerprint density at radius 1 is 0.781 bits per heavy atom. The Morgan fingerprint density at radius 3 is 1.72 bits per heavy atom. The van der Waals surface area contributed by atoms with Gasteiger partial charge in [-0.15, -0.1) is 0 Å². The number of piperazine rings is 1. The zero-order valence-corrected chi connectivity index (χ0v) is 20.7. The van der Waals surface area contributed by atoms with Gasteiger partial charge in [0.2, 0.25) is 21.8 Å². The monoisotopic (exact) mass is 461 g/mol. The van der Waals surface area contributed by atoms with E-state index in [0.717, 1.165) is 27.8 Å². The van der Waals surface area contributed by atoms with Gasteiger partial charge in [-0.1, -0.05) is 6.58 Å².